The van der Waals surface area contributed by atoms with E-state index in [-0.39, 0.29) is 6.10 Å². The molecule has 92 valence electrons. The van der Waals surface area contributed by atoms with Gasteiger partial charge < -0.3 is 5.11 Å². The first kappa shape index (κ1) is 14.9. The van der Waals surface area contributed by atoms with Crippen LogP contribution in [-0.2, 0) is 0 Å². The molecule has 2 nitrogen and oxygen atoms in total. The molecular weight excluding hydrogens is 186 g/mol. The van der Waals surface area contributed by atoms with Crippen molar-refractivity contribution < 1.29 is 5.11 Å². The van der Waals surface area contributed by atoms with Gasteiger partial charge in [-0.25, -0.2) is 0 Å². The first-order valence-corrected chi connectivity index (χ1v) is 6.52. The summed E-state index contributed by atoms with van der Waals surface area (Å²) in [5.74, 6) is 0.774. The zero-order valence-electron chi connectivity index (χ0n) is 11.2. The Balaban J connectivity index is 4.21. The molecular formula is C13H29NO. The van der Waals surface area contributed by atoms with Gasteiger partial charge in [-0.05, 0) is 25.8 Å². The van der Waals surface area contributed by atoms with Crippen molar-refractivity contribution >= 4 is 0 Å². The summed E-state index contributed by atoms with van der Waals surface area (Å²) >= 11 is 0. The summed E-state index contributed by atoms with van der Waals surface area (Å²) in [5, 5.41) is 9.84. The van der Waals surface area contributed by atoms with E-state index in [1.54, 1.807) is 0 Å². The summed E-state index contributed by atoms with van der Waals surface area (Å²) in [6.07, 6.45) is 3.14. The lowest BCUT2D eigenvalue weighted by atomic mass is 10.0. The molecule has 0 aliphatic heterocycles. The molecule has 0 saturated heterocycles. The molecule has 0 saturated carbocycles. The molecule has 0 rings (SSSR count). The number of aliphatic hydroxyl groups is 1. The van der Waals surface area contributed by atoms with E-state index in [0.29, 0.717) is 6.04 Å². The highest BCUT2D eigenvalue weighted by Gasteiger charge is 2.20. The molecule has 0 spiro atoms. The Labute approximate surface area is 95.7 Å². The van der Waals surface area contributed by atoms with Crippen LogP contribution in [-0.4, -0.2) is 35.2 Å². The van der Waals surface area contributed by atoms with Crippen LogP contribution >= 0.6 is 0 Å². The molecule has 15 heavy (non-hydrogen) atoms. The zero-order chi connectivity index (χ0) is 11.8. The molecule has 2 heteroatoms. The molecule has 0 aromatic rings. The van der Waals surface area contributed by atoms with Crippen LogP contribution in [0, 0.1) is 5.92 Å². The third kappa shape index (κ3) is 4.98. The Kier molecular flexibility index (Phi) is 8.07. The Morgan fingerprint density at radius 2 is 1.53 bits per heavy atom. The van der Waals surface area contributed by atoms with Crippen molar-refractivity contribution in [2.24, 2.45) is 5.92 Å². The van der Waals surface area contributed by atoms with Gasteiger partial charge in [0.2, 0.25) is 0 Å². The van der Waals surface area contributed by atoms with E-state index >= 15 is 0 Å². The van der Waals surface area contributed by atoms with E-state index in [9.17, 15) is 5.11 Å². The van der Waals surface area contributed by atoms with Crippen LogP contribution in [0.5, 0.6) is 0 Å². The van der Waals surface area contributed by atoms with Crippen LogP contribution < -0.4 is 0 Å². The second-order valence-corrected chi connectivity index (χ2v) is 4.49. The Hall–Kier alpha value is -0.0800. The fourth-order valence-electron chi connectivity index (χ4n) is 2.05. The van der Waals surface area contributed by atoms with Crippen LogP contribution in [0.3, 0.4) is 0 Å². The Morgan fingerprint density at radius 3 is 1.87 bits per heavy atom. The minimum Gasteiger partial charge on any atom is -0.392 e. The Morgan fingerprint density at radius 1 is 1.00 bits per heavy atom. The fraction of sp³-hybridized carbons (Fsp3) is 1.00. The van der Waals surface area contributed by atoms with Crippen molar-refractivity contribution in [1.29, 1.82) is 0 Å². The molecule has 0 radical (unpaired) electrons. The quantitative estimate of drug-likeness (QED) is 0.673. The van der Waals surface area contributed by atoms with Gasteiger partial charge in [0.15, 0.2) is 0 Å². The molecule has 0 amide bonds. The molecule has 1 N–H and O–H groups in total. The molecule has 0 aromatic carbocycles. The molecule has 0 aliphatic rings. The van der Waals surface area contributed by atoms with Gasteiger partial charge in [0.1, 0.15) is 0 Å². The van der Waals surface area contributed by atoms with Crippen molar-refractivity contribution in [2.75, 3.05) is 13.1 Å². The molecule has 0 heterocycles. The van der Waals surface area contributed by atoms with Crippen LogP contribution in [0.15, 0.2) is 0 Å². The average Bonchev–Trinajstić information content (AvgIpc) is 2.29. The summed E-state index contributed by atoms with van der Waals surface area (Å²) in [6.45, 7) is 13.0. The highest BCUT2D eigenvalue weighted by Crippen LogP contribution is 2.14. The summed E-state index contributed by atoms with van der Waals surface area (Å²) in [4.78, 5) is 2.41. The molecule has 0 aromatic heterocycles. The molecule has 2 unspecified atom stereocenters. The number of likely N-dealkylation sites (N-methyl/N-ethyl adjacent to an activating group) is 1. The summed E-state index contributed by atoms with van der Waals surface area (Å²) in [6, 6.07) is 0.292. The van der Waals surface area contributed by atoms with E-state index in [2.05, 4.69) is 32.6 Å². The van der Waals surface area contributed by atoms with Crippen LogP contribution in [0.4, 0.5) is 0 Å². The van der Waals surface area contributed by atoms with E-state index in [1.807, 2.05) is 6.92 Å². The first-order chi connectivity index (χ1) is 7.10. The van der Waals surface area contributed by atoms with Crippen molar-refractivity contribution in [2.45, 2.75) is 66.0 Å². The number of hydrogen-bond donors (Lipinski definition) is 1. The van der Waals surface area contributed by atoms with Crippen LogP contribution in [0.2, 0.25) is 0 Å². The minimum atomic E-state index is -0.181. The van der Waals surface area contributed by atoms with E-state index in [1.165, 1.54) is 12.8 Å². The number of nitrogens with zero attached hydrogens (tertiary/aromatic N) is 1. The van der Waals surface area contributed by atoms with E-state index < -0.39 is 0 Å². The van der Waals surface area contributed by atoms with Crippen molar-refractivity contribution in [3.63, 3.8) is 0 Å². The monoisotopic (exact) mass is 215 g/mol. The average molecular weight is 215 g/mol. The van der Waals surface area contributed by atoms with Crippen molar-refractivity contribution in [1.82, 2.24) is 4.90 Å². The lowest BCUT2D eigenvalue weighted by Gasteiger charge is -2.33. The van der Waals surface area contributed by atoms with Gasteiger partial charge in [-0.3, -0.25) is 4.90 Å². The van der Waals surface area contributed by atoms with E-state index in [4.69, 9.17) is 0 Å². The van der Waals surface area contributed by atoms with Crippen molar-refractivity contribution in [3.8, 4) is 0 Å². The number of aliphatic hydroxyl groups excluding tert-OH is 1. The van der Waals surface area contributed by atoms with Crippen LogP contribution in [0.1, 0.15) is 53.9 Å². The maximum atomic E-state index is 9.84. The fourth-order valence-corrected chi connectivity index (χ4v) is 2.05. The second kappa shape index (κ2) is 8.12. The largest absolute Gasteiger partial charge is 0.392 e. The molecule has 2 atom stereocenters. The SMILES string of the molecule is CCC(CC)CN(CC)C(C)C(O)CC. The molecule has 0 bridgehead atoms. The lowest BCUT2D eigenvalue weighted by molar-refractivity contribution is 0.0492. The highest BCUT2D eigenvalue weighted by atomic mass is 16.3. The minimum absolute atomic E-state index is 0.181. The zero-order valence-corrected chi connectivity index (χ0v) is 11.2. The predicted octanol–water partition coefficient (Wildman–Crippen LogP) is 2.90. The smallest absolute Gasteiger partial charge is 0.0690 e. The highest BCUT2D eigenvalue weighted by molar-refractivity contribution is 4.75. The van der Waals surface area contributed by atoms with Gasteiger partial charge in [0.05, 0.1) is 6.10 Å². The second-order valence-electron chi connectivity index (χ2n) is 4.49. The van der Waals surface area contributed by atoms with Gasteiger partial charge in [0, 0.05) is 12.6 Å². The maximum absolute atomic E-state index is 9.84. The summed E-state index contributed by atoms with van der Waals surface area (Å²) in [7, 11) is 0. The third-order valence-electron chi connectivity index (χ3n) is 3.60. The maximum Gasteiger partial charge on any atom is 0.0690 e. The van der Waals surface area contributed by atoms with E-state index in [0.717, 1.165) is 25.4 Å². The number of hydrogen-bond acceptors (Lipinski definition) is 2. The van der Waals surface area contributed by atoms with Gasteiger partial charge in [-0.15, -0.1) is 0 Å². The number of rotatable bonds is 8. The lowest BCUT2D eigenvalue weighted by Crippen LogP contribution is -2.43. The molecule has 0 aliphatic carbocycles. The topological polar surface area (TPSA) is 23.5 Å². The first-order valence-electron chi connectivity index (χ1n) is 6.52. The van der Waals surface area contributed by atoms with Crippen molar-refractivity contribution in [3.05, 3.63) is 0 Å². The summed E-state index contributed by atoms with van der Waals surface area (Å²) < 4.78 is 0. The summed E-state index contributed by atoms with van der Waals surface area (Å²) in [5.41, 5.74) is 0. The standard InChI is InChI=1S/C13H29NO/c1-6-12(7-2)10-14(9-4)11(5)13(15)8-3/h11-13,15H,6-10H2,1-5H3. The third-order valence-corrected chi connectivity index (χ3v) is 3.60. The van der Waals surface area contributed by atoms with Gasteiger partial charge in [0.25, 0.3) is 0 Å². The predicted molar refractivity (Wildman–Crippen MR) is 67.1 cm³/mol. The van der Waals surface area contributed by atoms with Crippen LogP contribution in [0.25, 0.3) is 0 Å². The van der Waals surface area contributed by atoms with Gasteiger partial charge in [-0.2, -0.15) is 0 Å². The van der Waals surface area contributed by atoms with Gasteiger partial charge in [-0.1, -0.05) is 40.5 Å². The normalized spacial score (nSPS) is 16.0. The Bertz CT molecular complexity index is 145. The van der Waals surface area contributed by atoms with Gasteiger partial charge >= 0.3 is 0 Å². The molecule has 0 fully saturated rings.